The van der Waals surface area contributed by atoms with E-state index in [1.165, 1.54) is 0 Å². The second kappa shape index (κ2) is 4.49. The largest absolute Gasteiger partial charge is 0.407 e. The molecule has 20 heavy (non-hydrogen) atoms. The van der Waals surface area contributed by atoms with Crippen LogP contribution in [0.4, 0.5) is 13.2 Å². The van der Waals surface area contributed by atoms with Crippen LogP contribution in [-0.2, 0) is 0 Å². The van der Waals surface area contributed by atoms with E-state index in [0.717, 1.165) is 10.8 Å². The standard InChI is InChI=1S/C16H12F3N/c17-16(18,19)15(20)14-12-7-3-1-5-10(12)9-11-6-2-4-8-13(11)14/h1-9,15H,20H2. The number of nitrogens with two attached hydrogens (primary N) is 1. The van der Waals surface area contributed by atoms with Crippen LogP contribution in [0.1, 0.15) is 11.6 Å². The summed E-state index contributed by atoms with van der Waals surface area (Å²) in [6, 6.07) is 13.9. The Balaban J connectivity index is 2.45. The summed E-state index contributed by atoms with van der Waals surface area (Å²) in [6.45, 7) is 0. The molecule has 0 spiro atoms. The molecule has 0 fully saturated rings. The monoisotopic (exact) mass is 275 g/mol. The molecule has 1 atom stereocenters. The van der Waals surface area contributed by atoms with E-state index >= 15 is 0 Å². The van der Waals surface area contributed by atoms with Gasteiger partial charge in [-0.05, 0) is 33.2 Å². The fraction of sp³-hybridized carbons (Fsp3) is 0.125. The summed E-state index contributed by atoms with van der Waals surface area (Å²) < 4.78 is 39.2. The van der Waals surface area contributed by atoms with E-state index in [-0.39, 0.29) is 5.56 Å². The molecular formula is C16H12F3N. The number of benzene rings is 3. The number of alkyl halides is 3. The third kappa shape index (κ3) is 2.02. The van der Waals surface area contributed by atoms with Crippen molar-refractivity contribution in [2.75, 3.05) is 0 Å². The Hall–Kier alpha value is -2.07. The smallest absolute Gasteiger partial charge is 0.316 e. The highest BCUT2D eigenvalue weighted by Crippen LogP contribution is 2.38. The Morgan fingerprint density at radius 2 is 1.25 bits per heavy atom. The summed E-state index contributed by atoms with van der Waals surface area (Å²) in [7, 11) is 0. The number of hydrogen-bond donors (Lipinski definition) is 1. The van der Waals surface area contributed by atoms with Crippen molar-refractivity contribution in [2.24, 2.45) is 5.73 Å². The first-order valence-electron chi connectivity index (χ1n) is 6.21. The van der Waals surface area contributed by atoms with Gasteiger partial charge in [-0.25, -0.2) is 0 Å². The van der Waals surface area contributed by atoms with Crippen LogP contribution in [0.15, 0.2) is 54.6 Å². The van der Waals surface area contributed by atoms with Crippen molar-refractivity contribution in [2.45, 2.75) is 12.2 Å². The van der Waals surface area contributed by atoms with Gasteiger partial charge in [0.25, 0.3) is 0 Å². The maximum Gasteiger partial charge on any atom is 0.407 e. The summed E-state index contributed by atoms with van der Waals surface area (Å²) >= 11 is 0. The van der Waals surface area contributed by atoms with Gasteiger partial charge in [0.2, 0.25) is 0 Å². The number of rotatable bonds is 1. The van der Waals surface area contributed by atoms with Crippen LogP contribution in [0.3, 0.4) is 0 Å². The van der Waals surface area contributed by atoms with E-state index < -0.39 is 12.2 Å². The second-order valence-electron chi connectivity index (χ2n) is 4.75. The summed E-state index contributed by atoms with van der Waals surface area (Å²) in [4.78, 5) is 0. The van der Waals surface area contributed by atoms with Crippen LogP contribution >= 0.6 is 0 Å². The summed E-state index contributed by atoms with van der Waals surface area (Å²) in [5, 5.41) is 2.63. The molecule has 3 aromatic rings. The molecule has 2 N–H and O–H groups in total. The predicted molar refractivity (Wildman–Crippen MR) is 74.4 cm³/mol. The summed E-state index contributed by atoms with van der Waals surface area (Å²) in [5.41, 5.74) is 5.62. The molecule has 0 aliphatic rings. The minimum absolute atomic E-state index is 0.145. The molecule has 102 valence electrons. The van der Waals surface area contributed by atoms with Gasteiger partial charge < -0.3 is 5.73 Å². The predicted octanol–water partition coefficient (Wildman–Crippen LogP) is 4.56. The normalized spacial score (nSPS) is 13.8. The van der Waals surface area contributed by atoms with Gasteiger partial charge in [0.15, 0.2) is 0 Å². The van der Waals surface area contributed by atoms with Crippen LogP contribution in [0.5, 0.6) is 0 Å². The highest BCUT2D eigenvalue weighted by Gasteiger charge is 2.39. The van der Waals surface area contributed by atoms with Crippen LogP contribution in [0.2, 0.25) is 0 Å². The zero-order valence-electron chi connectivity index (χ0n) is 10.5. The zero-order chi connectivity index (χ0) is 14.3. The second-order valence-corrected chi connectivity index (χ2v) is 4.75. The van der Waals surface area contributed by atoms with E-state index in [9.17, 15) is 13.2 Å². The maximum atomic E-state index is 13.1. The molecule has 3 rings (SSSR count). The van der Waals surface area contributed by atoms with Gasteiger partial charge >= 0.3 is 6.18 Å². The van der Waals surface area contributed by atoms with E-state index in [2.05, 4.69) is 0 Å². The first kappa shape index (κ1) is 12.9. The molecular weight excluding hydrogens is 263 g/mol. The lowest BCUT2D eigenvalue weighted by Gasteiger charge is -2.20. The van der Waals surface area contributed by atoms with Gasteiger partial charge in [-0.2, -0.15) is 13.2 Å². The van der Waals surface area contributed by atoms with Crippen LogP contribution in [-0.4, -0.2) is 6.18 Å². The molecule has 0 saturated heterocycles. The van der Waals surface area contributed by atoms with Gasteiger partial charge in [-0.15, -0.1) is 0 Å². The lowest BCUT2D eigenvalue weighted by atomic mass is 9.92. The van der Waals surface area contributed by atoms with Gasteiger partial charge in [0.05, 0.1) is 0 Å². The molecule has 0 radical (unpaired) electrons. The highest BCUT2D eigenvalue weighted by atomic mass is 19.4. The average molecular weight is 275 g/mol. The maximum absolute atomic E-state index is 13.1. The summed E-state index contributed by atoms with van der Waals surface area (Å²) in [5.74, 6) is 0. The number of halogens is 3. The average Bonchev–Trinajstić information content (AvgIpc) is 2.43. The molecule has 0 aromatic heterocycles. The summed E-state index contributed by atoms with van der Waals surface area (Å²) in [6.07, 6.45) is -4.47. The molecule has 1 unspecified atom stereocenters. The minimum atomic E-state index is -4.47. The topological polar surface area (TPSA) is 26.0 Å². The van der Waals surface area contributed by atoms with E-state index in [1.807, 2.05) is 6.07 Å². The van der Waals surface area contributed by atoms with E-state index in [4.69, 9.17) is 5.73 Å². The van der Waals surface area contributed by atoms with Crippen molar-refractivity contribution < 1.29 is 13.2 Å². The third-order valence-corrected chi connectivity index (χ3v) is 3.48. The van der Waals surface area contributed by atoms with Crippen LogP contribution in [0.25, 0.3) is 21.5 Å². The van der Waals surface area contributed by atoms with Crippen LogP contribution in [0, 0.1) is 0 Å². The van der Waals surface area contributed by atoms with Crippen molar-refractivity contribution in [3.63, 3.8) is 0 Å². The Morgan fingerprint density at radius 3 is 1.70 bits per heavy atom. The molecule has 0 heterocycles. The third-order valence-electron chi connectivity index (χ3n) is 3.48. The Labute approximate surface area is 113 Å². The molecule has 4 heteroatoms. The fourth-order valence-corrected chi connectivity index (χ4v) is 2.55. The SMILES string of the molecule is NC(c1c2ccccc2cc2ccccc12)C(F)(F)F. The number of hydrogen-bond acceptors (Lipinski definition) is 1. The van der Waals surface area contributed by atoms with Crippen LogP contribution < -0.4 is 5.73 Å². The molecule has 1 nitrogen and oxygen atoms in total. The lowest BCUT2D eigenvalue weighted by Crippen LogP contribution is -2.28. The lowest BCUT2D eigenvalue weighted by molar-refractivity contribution is -0.148. The van der Waals surface area contributed by atoms with Crippen molar-refractivity contribution in [1.82, 2.24) is 0 Å². The number of fused-ring (bicyclic) bond motifs is 2. The Morgan fingerprint density at radius 1 is 0.800 bits per heavy atom. The van der Waals surface area contributed by atoms with E-state index in [0.29, 0.717) is 10.8 Å². The Kier molecular flexibility index (Phi) is 2.91. The van der Waals surface area contributed by atoms with Gasteiger partial charge in [-0.1, -0.05) is 48.5 Å². The first-order valence-corrected chi connectivity index (χ1v) is 6.21. The molecule has 0 aliphatic heterocycles. The Bertz CT molecular complexity index is 723. The molecule has 0 aliphatic carbocycles. The molecule has 0 bridgehead atoms. The molecule has 3 aromatic carbocycles. The van der Waals surface area contributed by atoms with Crippen molar-refractivity contribution in [1.29, 1.82) is 0 Å². The highest BCUT2D eigenvalue weighted by molar-refractivity contribution is 6.02. The zero-order valence-corrected chi connectivity index (χ0v) is 10.5. The van der Waals surface area contributed by atoms with E-state index in [1.54, 1.807) is 48.5 Å². The van der Waals surface area contributed by atoms with Crippen molar-refractivity contribution in [3.05, 3.63) is 60.2 Å². The molecule has 0 saturated carbocycles. The van der Waals surface area contributed by atoms with Crippen molar-refractivity contribution >= 4 is 21.5 Å². The fourth-order valence-electron chi connectivity index (χ4n) is 2.55. The van der Waals surface area contributed by atoms with Gasteiger partial charge in [-0.3, -0.25) is 0 Å². The van der Waals surface area contributed by atoms with Crippen molar-refractivity contribution in [3.8, 4) is 0 Å². The quantitative estimate of drug-likeness (QED) is 0.647. The molecule has 0 amide bonds. The van der Waals surface area contributed by atoms with Gasteiger partial charge in [0.1, 0.15) is 6.04 Å². The first-order chi connectivity index (χ1) is 9.48. The minimum Gasteiger partial charge on any atom is -0.316 e. The van der Waals surface area contributed by atoms with Gasteiger partial charge in [0, 0.05) is 0 Å².